The van der Waals surface area contributed by atoms with Crippen LogP contribution in [0, 0.1) is 6.92 Å². The van der Waals surface area contributed by atoms with Crippen LogP contribution in [0.4, 0.5) is 5.82 Å². The molecule has 1 aliphatic rings. The molecule has 0 aromatic carbocycles. The van der Waals surface area contributed by atoms with Crippen molar-refractivity contribution in [3.8, 4) is 0 Å². The molecule has 2 heterocycles. The fraction of sp³-hybridized carbons (Fsp3) is 0.706. The van der Waals surface area contributed by atoms with Crippen LogP contribution in [0.1, 0.15) is 62.3 Å². The van der Waals surface area contributed by atoms with Crippen molar-refractivity contribution in [2.75, 3.05) is 31.1 Å². The van der Waals surface area contributed by atoms with Crippen molar-refractivity contribution < 1.29 is 4.79 Å². The molecule has 1 aromatic heterocycles. The Morgan fingerprint density at radius 3 is 2.36 bits per heavy atom. The molecule has 1 saturated heterocycles. The number of hydrogen-bond acceptors (Lipinski definition) is 4. The number of carbonyl (C=O) groups excluding carboxylic acids is 1. The summed E-state index contributed by atoms with van der Waals surface area (Å²) in [6.07, 6.45) is 5.55. The van der Waals surface area contributed by atoms with E-state index in [9.17, 15) is 4.79 Å². The van der Waals surface area contributed by atoms with Crippen LogP contribution in [0.2, 0.25) is 0 Å². The average molecular weight is 304 g/mol. The summed E-state index contributed by atoms with van der Waals surface area (Å²) in [5, 5.41) is 0. The van der Waals surface area contributed by atoms with Gasteiger partial charge >= 0.3 is 0 Å². The van der Waals surface area contributed by atoms with E-state index in [1.165, 1.54) is 6.42 Å². The Kier molecular flexibility index (Phi) is 6.16. The Morgan fingerprint density at radius 2 is 1.77 bits per heavy atom. The smallest absolute Gasteiger partial charge is 0.272 e. The summed E-state index contributed by atoms with van der Waals surface area (Å²) in [5.74, 6) is 1.62. The van der Waals surface area contributed by atoms with E-state index in [-0.39, 0.29) is 5.91 Å². The number of aromatic nitrogens is 2. The molecule has 1 aliphatic heterocycles. The van der Waals surface area contributed by atoms with E-state index in [1.54, 1.807) is 0 Å². The molecule has 0 N–H and O–H groups in total. The SMILES string of the molecule is CCCN(CCC)c1cc(C(=O)N2CCCCC2)nc(C)n1. The monoisotopic (exact) mass is 304 g/mol. The molecule has 0 aliphatic carbocycles. The minimum absolute atomic E-state index is 0.0550. The molecule has 0 radical (unpaired) electrons. The highest BCUT2D eigenvalue weighted by Gasteiger charge is 2.21. The van der Waals surface area contributed by atoms with E-state index in [0.717, 1.165) is 57.7 Å². The van der Waals surface area contributed by atoms with Crippen molar-refractivity contribution in [3.63, 3.8) is 0 Å². The zero-order valence-corrected chi connectivity index (χ0v) is 14.1. The molecule has 5 heteroatoms. The number of rotatable bonds is 6. The lowest BCUT2D eigenvalue weighted by molar-refractivity contribution is 0.0718. The topological polar surface area (TPSA) is 49.3 Å². The predicted molar refractivity (Wildman–Crippen MR) is 89.3 cm³/mol. The average Bonchev–Trinajstić information content (AvgIpc) is 2.54. The van der Waals surface area contributed by atoms with Gasteiger partial charge in [0.25, 0.3) is 5.91 Å². The third-order valence-electron chi connectivity index (χ3n) is 4.00. The van der Waals surface area contributed by atoms with E-state index in [4.69, 9.17) is 0 Å². The summed E-state index contributed by atoms with van der Waals surface area (Å²) >= 11 is 0. The number of hydrogen-bond donors (Lipinski definition) is 0. The van der Waals surface area contributed by atoms with Crippen LogP contribution in [0.5, 0.6) is 0 Å². The lowest BCUT2D eigenvalue weighted by Gasteiger charge is -2.27. The van der Waals surface area contributed by atoms with E-state index < -0.39 is 0 Å². The van der Waals surface area contributed by atoms with Crippen LogP contribution in [-0.2, 0) is 0 Å². The number of anilines is 1. The highest BCUT2D eigenvalue weighted by Crippen LogP contribution is 2.17. The summed E-state index contributed by atoms with van der Waals surface area (Å²) in [4.78, 5) is 25.8. The highest BCUT2D eigenvalue weighted by molar-refractivity contribution is 5.93. The predicted octanol–water partition coefficient (Wildman–Crippen LogP) is 3.04. The summed E-state index contributed by atoms with van der Waals surface area (Å²) in [6, 6.07) is 1.87. The zero-order valence-electron chi connectivity index (χ0n) is 14.1. The largest absolute Gasteiger partial charge is 0.357 e. The summed E-state index contributed by atoms with van der Waals surface area (Å²) in [6.45, 7) is 9.82. The number of piperidine rings is 1. The number of aryl methyl sites for hydroxylation is 1. The minimum atomic E-state index is 0.0550. The van der Waals surface area contributed by atoms with Crippen molar-refractivity contribution in [2.45, 2.75) is 52.9 Å². The van der Waals surface area contributed by atoms with Gasteiger partial charge in [0.2, 0.25) is 0 Å². The number of carbonyl (C=O) groups is 1. The Balaban J connectivity index is 2.22. The summed E-state index contributed by atoms with van der Waals surface area (Å²) in [7, 11) is 0. The molecule has 1 amide bonds. The molecular weight excluding hydrogens is 276 g/mol. The van der Waals surface area contributed by atoms with Gasteiger partial charge in [0.15, 0.2) is 0 Å². The van der Waals surface area contributed by atoms with Gasteiger partial charge in [0, 0.05) is 32.2 Å². The van der Waals surface area contributed by atoms with Gasteiger partial charge in [-0.15, -0.1) is 0 Å². The van der Waals surface area contributed by atoms with E-state index in [1.807, 2.05) is 17.9 Å². The molecule has 0 atom stereocenters. The molecule has 2 rings (SSSR count). The second-order valence-corrected chi connectivity index (χ2v) is 6.00. The maximum absolute atomic E-state index is 12.7. The van der Waals surface area contributed by atoms with Gasteiger partial charge < -0.3 is 9.80 Å². The first-order valence-corrected chi connectivity index (χ1v) is 8.55. The van der Waals surface area contributed by atoms with Crippen molar-refractivity contribution >= 4 is 11.7 Å². The first-order chi connectivity index (χ1) is 10.7. The molecular formula is C17H28N4O. The first-order valence-electron chi connectivity index (χ1n) is 8.55. The summed E-state index contributed by atoms with van der Waals surface area (Å²) in [5.41, 5.74) is 0.543. The lowest BCUT2D eigenvalue weighted by Crippen LogP contribution is -2.36. The number of amides is 1. The van der Waals surface area contributed by atoms with Gasteiger partial charge in [-0.25, -0.2) is 9.97 Å². The first kappa shape index (κ1) is 16.7. The lowest BCUT2D eigenvalue weighted by atomic mass is 10.1. The molecule has 22 heavy (non-hydrogen) atoms. The normalized spacial score (nSPS) is 15.0. The molecule has 1 fully saturated rings. The molecule has 1 aromatic rings. The van der Waals surface area contributed by atoms with E-state index >= 15 is 0 Å². The van der Waals surface area contributed by atoms with Crippen molar-refractivity contribution in [2.24, 2.45) is 0 Å². The minimum Gasteiger partial charge on any atom is -0.357 e. The van der Waals surface area contributed by atoms with Crippen LogP contribution >= 0.6 is 0 Å². The number of likely N-dealkylation sites (tertiary alicyclic amines) is 1. The Morgan fingerprint density at radius 1 is 1.14 bits per heavy atom. The van der Waals surface area contributed by atoms with Gasteiger partial charge in [-0.1, -0.05) is 13.8 Å². The second kappa shape index (κ2) is 8.11. The highest BCUT2D eigenvalue weighted by atomic mass is 16.2. The van der Waals surface area contributed by atoms with Crippen molar-refractivity contribution in [1.82, 2.24) is 14.9 Å². The van der Waals surface area contributed by atoms with Gasteiger partial charge in [0.05, 0.1) is 0 Å². The molecule has 0 spiro atoms. The maximum atomic E-state index is 12.7. The maximum Gasteiger partial charge on any atom is 0.272 e. The summed E-state index contributed by atoms with van der Waals surface area (Å²) < 4.78 is 0. The number of nitrogens with zero attached hydrogens (tertiary/aromatic N) is 4. The molecule has 5 nitrogen and oxygen atoms in total. The van der Waals surface area contributed by atoms with Crippen molar-refractivity contribution in [1.29, 1.82) is 0 Å². The molecule has 122 valence electrons. The third kappa shape index (κ3) is 4.18. The fourth-order valence-electron chi connectivity index (χ4n) is 2.96. The Hall–Kier alpha value is -1.65. The Bertz CT molecular complexity index is 491. The third-order valence-corrected chi connectivity index (χ3v) is 4.00. The molecule has 0 saturated carbocycles. The van der Waals surface area contributed by atoms with Crippen LogP contribution in [-0.4, -0.2) is 47.0 Å². The van der Waals surface area contributed by atoms with Crippen LogP contribution in [0.25, 0.3) is 0 Å². The van der Waals surface area contributed by atoms with Crippen LogP contribution in [0.3, 0.4) is 0 Å². The Labute approximate surface area is 133 Å². The van der Waals surface area contributed by atoms with Gasteiger partial charge in [-0.2, -0.15) is 0 Å². The second-order valence-electron chi connectivity index (χ2n) is 6.00. The standard InChI is InChI=1S/C17H28N4O/c1-4-9-20(10-5-2)16-13-15(18-14(3)19-16)17(22)21-11-7-6-8-12-21/h13H,4-12H2,1-3H3. The van der Waals surface area contributed by atoms with Crippen molar-refractivity contribution in [3.05, 3.63) is 17.6 Å². The zero-order chi connectivity index (χ0) is 15.9. The van der Waals surface area contributed by atoms with Crippen LogP contribution < -0.4 is 4.90 Å². The van der Waals surface area contributed by atoms with E-state index in [2.05, 4.69) is 28.7 Å². The molecule has 0 unspecified atom stereocenters. The van der Waals surface area contributed by atoms with E-state index in [0.29, 0.717) is 11.5 Å². The van der Waals surface area contributed by atoms with Gasteiger partial charge in [-0.3, -0.25) is 4.79 Å². The quantitative estimate of drug-likeness (QED) is 0.810. The fourth-order valence-corrected chi connectivity index (χ4v) is 2.96. The molecule has 0 bridgehead atoms. The van der Waals surface area contributed by atoms with Crippen LogP contribution in [0.15, 0.2) is 6.07 Å². The van der Waals surface area contributed by atoms with Gasteiger partial charge in [-0.05, 0) is 39.0 Å². The van der Waals surface area contributed by atoms with Gasteiger partial charge in [0.1, 0.15) is 17.3 Å².